The third-order valence-electron chi connectivity index (χ3n) is 8.17. The second-order valence-corrected chi connectivity index (χ2v) is 11.3. The zero-order valence-corrected chi connectivity index (χ0v) is 29.6. The van der Waals surface area contributed by atoms with E-state index in [2.05, 4.69) is 0 Å². The molecule has 5 rings (SSSR count). The van der Waals surface area contributed by atoms with Crippen LogP contribution >= 0.6 is 0 Å². The third-order valence-corrected chi connectivity index (χ3v) is 8.17. The van der Waals surface area contributed by atoms with Crippen LogP contribution in [0.4, 0.5) is 0 Å². The fraction of sp³-hybridized carbons (Fsp3) is 0.182. The van der Waals surface area contributed by atoms with Crippen molar-refractivity contribution in [3.05, 3.63) is 166 Å². The zero-order valence-electron chi connectivity index (χ0n) is 29.6. The van der Waals surface area contributed by atoms with Gasteiger partial charge < -0.3 is 18.9 Å². The van der Waals surface area contributed by atoms with E-state index >= 15 is 0 Å². The average molecular weight is 697 g/mol. The molecule has 264 valence electrons. The number of carbonyl (C=O) groups excluding carboxylic acids is 4. The first kappa shape index (κ1) is 37.0. The van der Waals surface area contributed by atoms with Crippen molar-refractivity contribution < 1.29 is 38.1 Å². The number of hydrogen-bond acceptors (Lipinski definition) is 8. The first-order valence-electron chi connectivity index (χ1n) is 17.3. The maximum Gasteiger partial charge on any atom is 0.339 e. The molecule has 4 aromatic rings. The summed E-state index contributed by atoms with van der Waals surface area (Å²) in [5.74, 6) is -2.77. The van der Waals surface area contributed by atoms with Crippen LogP contribution in [0, 0.1) is 0 Å². The molecule has 0 N–H and O–H groups in total. The number of allylic oxidation sites excluding steroid dienone is 4. The molecule has 0 saturated heterocycles. The molecule has 0 unspecified atom stereocenters. The van der Waals surface area contributed by atoms with Crippen molar-refractivity contribution in [2.75, 3.05) is 26.4 Å². The molecule has 1 aliphatic rings. The van der Waals surface area contributed by atoms with Crippen molar-refractivity contribution in [3.8, 4) is 0 Å². The first-order valence-corrected chi connectivity index (χ1v) is 17.3. The van der Waals surface area contributed by atoms with E-state index in [4.69, 9.17) is 18.9 Å². The SMILES string of the molecule is CCOC(=O)C(=C1C(=C(C(=O)OCC)c2ccccc2)C(=C(C(=O)OCC)c2ccccc2)C1=C(C(=O)OCC)c1ccccc1)c1ccccc1. The van der Waals surface area contributed by atoms with Crippen molar-refractivity contribution in [1.82, 2.24) is 0 Å². The summed E-state index contributed by atoms with van der Waals surface area (Å²) in [4.78, 5) is 57.2. The van der Waals surface area contributed by atoms with Gasteiger partial charge in [-0.15, -0.1) is 0 Å². The molecule has 0 amide bonds. The van der Waals surface area contributed by atoms with Gasteiger partial charge in [0.05, 0.1) is 48.7 Å². The summed E-state index contributed by atoms with van der Waals surface area (Å²) in [6.07, 6.45) is 0. The van der Waals surface area contributed by atoms with Gasteiger partial charge in [0.2, 0.25) is 0 Å². The molecule has 0 aromatic heterocycles. The minimum absolute atomic E-state index is 0.0498. The van der Waals surface area contributed by atoms with E-state index in [0.29, 0.717) is 22.3 Å². The Hall–Kier alpha value is -6.28. The summed E-state index contributed by atoms with van der Waals surface area (Å²) in [5.41, 5.74) is 3.09. The molecule has 0 atom stereocenters. The molecular formula is C44H40O8. The molecule has 8 heteroatoms. The second kappa shape index (κ2) is 17.6. The highest BCUT2D eigenvalue weighted by atomic mass is 16.5. The van der Waals surface area contributed by atoms with Crippen LogP contribution in [0.3, 0.4) is 0 Å². The molecule has 4 aromatic carbocycles. The lowest BCUT2D eigenvalue weighted by Gasteiger charge is -2.38. The Morgan fingerprint density at radius 3 is 0.654 bits per heavy atom. The molecule has 0 aliphatic heterocycles. The van der Waals surface area contributed by atoms with E-state index in [1.807, 2.05) is 24.3 Å². The zero-order chi connectivity index (χ0) is 37.0. The Labute approximate surface area is 303 Å². The van der Waals surface area contributed by atoms with Crippen LogP contribution in [0.1, 0.15) is 49.9 Å². The van der Waals surface area contributed by atoms with Crippen LogP contribution in [0.5, 0.6) is 0 Å². The molecule has 0 bridgehead atoms. The molecule has 8 nitrogen and oxygen atoms in total. The van der Waals surface area contributed by atoms with Crippen molar-refractivity contribution in [3.63, 3.8) is 0 Å². The highest BCUT2D eigenvalue weighted by Crippen LogP contribution is 2.57. The minimum atomic E-state index is -0.692. The summed E-state index contributed by atoms with van der Waals surface area (Å²) in [6, 6.07) is 35.4. The van der Waals surface area contributed by atoms with Crippen LogP contribution in [0.15, 0.2) is 144 Å². The maximum absolute atomic E-state index is 14.3. The van der Waals surface area contributed by atoms with E-state index in [1.165, 1.54) is 0 Å². The van der Waals surface area contributed by atoms with Crippen molar-refractivity contribution in [1.29, 1.82) is 0 Å². The smallest absolute Gasteiger partial charge is 0.339 e. The molecule has 52 heavy (non-hydrogen) atoms. The average Bonchev–Trinajstić information content (AvgIpc) is 3.16. The summed E-state index contributed by atoms with van der Waals surface area (Å²) < 4.78 is 22.7. The van der Waals surface area contributed by atoms with Crippen LogP contribution in [-0.4, -0.2) is 50.3 Å². The molecule has 1 aliphatic carbocycles. The lowest BCUT2D eigenvalue weighted by molar-refractivity contribution is -0.137. The number of esters is 4. The lowest BCUT2D eigenvalue weighted by Crippen LogP contribution is -2.29. The molecule has 0 heterocycles. The Morgan fingerprint density at radius 1 is 0.327 bits per heavy atom. The van der Waals surface area contributed by atoms with Gasteiger partial charge in [-0.3, -0.25) is 0 Å². The predicted molar refractivity (Wildman–Crippen MR) is 200 cm³/mol. The summed E-state index contributed by atoms with van der Waals surface area (Å²) >= 11 is 0. The fourth-order valence-electron chi connectivity index (χ4n) is 6.13. The maximum atomic E-state index is 14.3. The van der Waals surface area contributed by atoms with Crippen LogP contribution in [0.25, 0.3) is 22.3 Å². The van der Waals surface area contributed by atoms with Crippen LogP contribution in [0.2, 0.25) is 0 Å². The topological polar surface area (TPSA) is 105 Å². The summed E-state index contributed by atoms with van der Waals surface area (Å²) in [5, 5.41) is 0. The Morgan fingerprint density at radius 2 is 0.500 bits per heavy atom. The van der Waals surface area contributed by atoms with E-state index in [1.54, 1.807) is 125 Å². The molecule has 0 radical (unpaired) electrons. The second-order valence-electron chi connectivity index (χ2n) is 11.3. The standard InChI is InChI=1S/C44H40O8/c1-5-49-41(45)33(29-21-13-9-14-22-29)37-38(34(42(46)50-6-2)30-23-15-10-16-24-30)40(36(44(48)52-8-4)32-27-19-12-20-28-32)39(37)35(43(47)51-7-3)31-25-17-11-18-26-31/h9-28H,5-8H2,1-4H3. The molecule has 1 saturated carbocycles. The normalized spacial score (nSPS) is 11.9. The fourth-order valence-corrected chi connectivity index (χ4v) is 6.13. The molecule has 1 fully saturated rings. The Balaban J connectivity index is 2.18. The number of ether oxygens (including phenoxy) is 4. The predicted octanol–water partition coefficient (Wildman–Crippen LogP) is 8.07. The van der Waals surface area contributed by atoms with Gasteiger partial charge in [-0.2, -0.15) is 0 Å². The van der Waals surface area contributed by atoms with E-state index in [9.17, 15) is 19.2 Å². The van der Waals surface area contributed by atoms with Gasteiger partial charge in [0.15, 0.2) is 0 Å². The van der Waals surface area contributed by atoms with Gasteiger partial charge in [0, 0.05) is 22.3 Å². The van der Waals surface area contributed by atoms with Gasteiger partial charge in [-0.05, 0) is 49.9 Å². The Kier molecular flexibility index (Phi) is 12.5. The number of carbonyl (C=O) groups is 4. The summed E-state index contributed by atoms with van der Waals surface area (Å²) in [6.45, 7) is 6.98. The number of rotatable bonds is 12. The van der Waals surface area contributed by atoms with Crippen molar-refractivity contribution in [2.45, 2.75) is 27.7 Å². The van der Waals surface area contributed by atoms with Gasteiger partial charge in [-0.25, -0.2) is 19.2 Å². The number of hydrogen-bond donors (Lipinski definition) is 0. The Bertz CT molecular complexity index is 1740. The van der Waals surface area contributed by atoms with Crippen LogP contribution < -0.4 is 0 Å². The van der Waals surface area contributed by atoms with E-state index < -0.39 is 23.9 Å². The van der Waals surface area contributed by atoms with E-state index in [-0.39, 0.29) is 71.0 Å². The highest BCUT2D eigenvalue weighted by Gasteiger charge is 2.46. The van der Waals surface area contributed by atoms with Gasteiger partial charge in [-0.1, -0.05) is 121 Å². The monoisotopic (exact) mass is 696 g/mol. The lowest BCUT2D eigenvalue weighted by atomic mass is 9.64. The van der Waals surface area contributed by atoms with E-state index in [0.717, 1.165) is 0 Å². The first-order chi connectivity index (χ1) is 25.4. The van der Waals surface area contributed by atoms with Gasteiger partial charge in [0.25, 0.3) is 0 Å². The van der Waals surface area contributed by atoms with Crippen LogP contribution in [-0.2, 0) is 38.1 Å². The largest absolute Gasteiger partial charge is 0.462 e. The minimum Gasteiger partial charge on any atom is -0.462 e. The van der Waals surface area contributed by atoms with Crippen molar-refractivity contribution >= 4 is 46.2 Å². The van der Waals surface area contributed by atoms with Gasteiger partial charge in [0.1, 0.15) is 0 Å². The molecular weight excluding hydrogens is 656 g/mol. The summed E-state index contributed by atoms with van der Waals surface area (Å²) in [7, 11) is 0. The quantitative estimate of drug-likeness (QED) is 0.0832. The highest BCUT2D eigenvalue weighted by molar-refractivity contribution is 6.34. The molecule has 0 spiro atoms. The van der Waals surface area contributed by atoms with Gasteiger partial charge >= 0.3 is 23.9 Å². The third kappa shape index (κ3) is 7.71. The van der Waals surface area contributed by atoms with Crippen molar-refractivity contribution in [2.24, 2.45) is 0 Å². The number of benzene rings is 4.